The van der Waals surface area contributed by atoms with Crippen molar-refractivity contribution in [3.63, 3.8) is 0 Å². The van der Waals surface area contributed by atoms with E-state index in [0.717, 1.165) is 25.9 Å². The predicted molar refractivity (Wildman–Crippen MR) is 58.4 cm³/mol. The standard InChI is InChI=1S/C11H21F3N2/c1-3-16-6-4-5-10(16)8-15-9(2)7-11(12,13)14/h9-10,15H,3-8H2,1-2H3. The summed E-state index contributed by atoms with van der Waals surface area (Å²) in [4.78, 5) is 2.33. The lowest BCUT2D eigenvalue weighted by molar-refractivity contribution is -0.139. The van der Waals surface area contributed by atoms with E-state index in [0.29, 0.717) is 12.6 Å². The van der Waals surface area contributed by atoms with Crippen molar-refractivity contribution in [1.82, 2.24) is 10.2 Å². The maximum atomic E-state index is 12.1. The summed E-state index contributed by atoms with van der Waals surface area (Å²) in [5, 5.41) is 2.98. The first-order valence-electron chi connectivity index (χ1n) is 5.96. The lowest BCUT2D eigenvalue weighted by atomic mass is 10.2. The first-order valence-corrected chi connectivity index (χ1v) is 5.96. The van der Waals surface area contributed by atoms with Crippen molar-refractivity contribution >= 4 is 0 Å². The van der Waals surface area contributed by atoms with E-state index in [9.17, 15) is 13.2 Å². The molecule has 1 N–H and O–H groups in total. The summed E-state index contributed by atoms with van der Waals surface area (Å²) in [6, 6.07) is -0.0695. The molecule has 1 aliphatic heterocycles. The molecule has 0 aromatic rings. The second-order valence-electron chi connectivity index (χ2n) is 4.55. The third-order valence-electron chi connectivity index (χ3n) is 3.14. The molecule has 0 spiro atoms. The van der Waals surface area contributed by atoms with Gasteiger partial charge in [-0.25, -0.2) is 0 Å². The Morgan fingerprint density at radius 1 is 1.44 bits per heavy atom. The first kappa shape index (κ1) is 13.8. The highest BCUT2D eigenvalue weighted by molar-refractivity contribution is 4.81. The van der Waals surface area contributed by atoms with Crippen LogP contribution in [0.4, 0.5) is 13.2 Å². The summed E-state index contributed by atoms with van der Waals surface area (Å²) in [7, 11) is 0. The van der Waals surface area contributed by atoms with Crippen LogP contribution in [0.3, 0.4) is 0 Å². The Labute approximate surface area is 95.2 Å². The SMILES string of the molecule is CCN1CCCC1CNC(C)CC(F)(F)F. The van der Waals surface area contributed by atoms with Gasteiger partial charge in [0, 0.05) is 18.6 Å². The summed E-state index contributed by atoms with van der Waals surface area (Å²) >= 11 is 0. The lowest BCUT2D eigenvalue weighted by Gasteiger charge is -2.25. The van der Waals surface area contributed by atoms with E-state index in [1.165, 1.54) is 0 Å². The summed E-state index contributed by atoms with van der Waals surface area (Å²) in [5.74, 6) is 0. The van der Waals surface area contributed by atoms with Crippen LogP contribution in [0.25, 0.3) is 0 Å². The third kappa shape index (κ3) is 4.70. The van der Waals surface area contributed by atoms with Crippen molar-refractivity contribution in [2.24, 2.45) is 0 Å². The maximum absolute atomic E-state index is 12.1. The van der Waals surface area contributed by atoms with Gasteiger partial charge < -0.3 is 5.32 Å². The number of hydrogen-bond donors (Lipinski definition) is 1. The molecular formula is C11H21F3N2. The Balaban J connectivity index is 2.23. The van der Waals surface area contributed by atoms with Crippen LogP contribution in [0.2, 0.25) is 0 Å². The molecule has 0 aliphatic carbocycles. The largest absolute Gasteiger partial charge is 0.390 e. The number of rotatable bonds is 5. The second kappa shape index (κ2) is 5.87. The van der Waals surface area contributed by atoms with Crippen molar-refractivity contribution in [1.29, 1.82) is 0 Å². The molecule has 1 saturated heterocycles. The quantitative estimate of drug-likeness (QED) is 0.791. The van der Waals surface area contributed by atoms with Gasteiger partial charge in [-0.2, -0.15) is 13.2 Å². The van der Waals surface area contributed by atoms with E-state index in [1.807, 2.05) is 0 Å². The van der Waals surface area contributed by atoms with E-state index in [2.05, 4.69) is 17.1 Å². The Bertz CT molecular complexity index is 206. The summed E-state index contributed by atoms with van der Waals surface area (Å²) in [6.45, 7) is 6.43. The van der Waals surface area contributed by atoms with E-state index in [1.54, 1.807) is 6.92 Å². The zero-order valence-electron chi connectivity index (χ0n) is 9.98. The van der Waals surface area contributed by atoms with Crippen LogP contribution in [-0.4, -0.2) is 42.8 Å². The Morgan fingerprint density at radius 2 is 2.12 bits per heavy atom. The highest BCUT2D eigenvalue weighted by Gasteiger charge is 2.30. The first-order chi connectivity index (χ1) is 7.42. The van der Waals surface area contributed by atoms with Crippen molar-refractivity contribution in [3.05, 3.63) is 0 Å². The van der Waals surface area contributed by atoms with Crippen LogP contribution in [0.1, 0.15) is 33.1 Å². The topological polar surface area (TPSA) is 15.3 Å². The average molecular weight is 238 g/mol. The number of likely N-dealkylation sites (tertiary alicyclic amines) is 1. The van der Waals surface area contributed by atoms with Gasteiger partial charge >= 0.3 is 6.18 Å². The van der Waals surface area contributed by atoms with Gasteiger partial charge in [-0.05, 0) is 32.9 Å². The lowest BCUT2D eigenvalue weighted by Crippen LogP contribution is -2.42. The van der Waals surface area contributed by atoms with Crippen molar-refractivity contribution < 1.29 is 13.2 Å². The molecular weight excluding hydrogens is 217 g/mol. The summed E-state index contributed by atoms with van der Waals surface area (Å²) in [6.07, 6.45) is -2.55. The Kier molecular flexibility index (Phi) is 5.05. The fraction of sp³-hybridized carbons (Fsp3) is 1.00. The van der Waals surface area contributed by atoms with Gasteiger partial charge in [0.1, 0.15) is 0 Å². The second-order valence-corrected chi connectivity index (χ2v) is 4.55. The van der Waals surface area contributed by atoms with Crippen LogP contribution in [0.15, 0.2) is 0 Å². The number of alkyl halides is 3. The fourth-order valence-corrected chi connectivity index (χ4v) is 2.30. The van der Waals surface area contributed by atoms with Crippen molar-refractivity contribution in [3.8, 4) is 0 Å². The molecule has 1 aliphatic rings. The van der Waals surface area contributed by atoms with Crippen molar-refractivity contribution in [2.45, 2.75) is 51.4 Å². The fourth-order valence-electron chi connectivity index (χ4n) is 2.30. The van der Waals surface area contributed by atoms with Crippen LogP contribution in [0, 0.1) is 0 Å². The zero-order chi connectivity index (χ0) is 12.2. The highest BCUT2D eigenvalue weighted by atomic mass is 19.4. The number of nitrogens with zero attached hydrogens (tertiary/aromatic N) is 1. The monoisotopic (exact) mass is 238 g/mol. The van der Waals surface area contributed by atoms with Gasteiger partial charge in [-0.15, -0.1) is 0 Å². The molecule has 0 amide bonds. The van der Waals surface area contributed by atoms with Crippen LogP contribution < -0.4 is 5.32 Å². The molecule has 0 aromatic carbocycles. The van der Waals surface area contributed by atoms with Gasteiger partial charge in [0.25, 0.3) is 0 Å². The molecule has 1 rings (SSSR count). The Hall–Kier alpha value is -0.290. The molecule has 1 heterocycles. The summed E-state index contributed by atoms with van der Waals surface area (Å²) in [5.41, 5.74) is 0. The van der Waals surface area contributed by atoms with Crippen molar-refractivity contribution in [2.75, 3.05) is 19.6 Å². The minimum absolute atomic E-state index is 0.417. The highest BCUT2D eigenvalue weighted by Crippen LogP contribution is 2.22. The van der Waals surface area contributed by atoms with Gasteiger partial charge in [0.05, 0.1) is 6.42 Å². The molecule has 0 aromatic heterocycles. The van der Waals surface area contributed by atoms with Gasteiger partial charge in [0.2, 0.25) is 0 Å². The average Bonchev–Trinajstić information content (AvgIpc) is 2.59. The summed E-state index contributed by atoms with van der Waals surface area (Å²) < 4.78 is 36.3. The molecule has 96 valence electrons. The predicted octanol–water partition coefficient (Wildman–Crippen LogP) is 2.40. The molecule has 0 saturated carbocycles. The molecule has 0 radical (unpaired) electrons. The minimum Gasteiger partial charge on any atom is -0.312 e. The molecule has 1 fully saturated rings. The molecule has 16 heavy (non-hydrogen) atoms. The minimum atomic E-state index is -4.06. The molecule has 2 nitrogen and oxygen atoms in total. The number of nitrogens with one attached hydrogen (secondary N) is 1. The normalized spacial score (nSPS) is 24.9. The maximum Gasteiger partial charge on any atom is 0.390 e. The van der Waals surface area contributed by atoms with E-state index < -0.39 is 18.6 Å². The van der Waals surface area contributed by atoms with Gasteiger partial charge in [0.15, 0.2) is 0 Å². The van der Waals surface area contributed by atoms with Crippen LogP contribution in [-0.2, 0) is 0 Å². The zero-order valence-corrected chi connectivity index (χ0v) is 9.98. The van der Waals surface area contributed by atoms with Gasteiger partial charge in [-0.3, -0.25) is 4.90 Å². The number of hydrogen-bond acceptors (Lipinski definition) is 2. The smallest absolute Gasteiger partial charge is 0.312 e. The molecule has 5 heteroatoms. The van der Waals surface area contributed by atoms with E-state index >= 15 is 0 Å². The van der Waals surface area contributed by atoms with E-state index in [4.69, 9.17) is 0 Å². The van der Waals surface area contributed by atoms with E-state index in [-0.39, 0.29) is 0 Å². The molecule has 2 atom stereocenters. The molecule has 0 bridgehead atoms. The van der Waals surface area contributed by atoms with Crippen LogP contribution in [0.5, 0.6) is 0 Å². The number of likely N-dealkylation sites (N-methyl/N-ethyl adjacent to an activating group) is 1. The van der Waals surface area contributed by atoms with Gasteiger partial charge in [-0.1, -0.05) is 6.92 Å². The molecule has 2 unspecified atom stereocenters. The Morgan fingerprint density at radius 3 is 2.69 bits per heavy atom. The third-order valence-corrected chi connectivity index (χ3v) is 3.14. The van der Waals surface area contributed by atoms with Crippen LogP contribution >= 0.6 is 0 Å². The number of halogens is 3.